The molecule has 0 unspecified atom stereocenters. The van der Waals surface area contributed by atoms with Crippen LogP contribution >= 0.6 is 0 Å². The van der Waals surface area contributed by atoms with Gasteiger partial charge >= 0.3 is 0 Å². The molecule has 0 aromatic heterocycles. The maximum atomic E-state index is 13.6. The summed E-state index contributed by atoms with van der Waals surface area (Å²) >= 11 is 0. The van der Waals surface area contributed by atoms with E-state index in [0.29, 0.717) is 25.3 Å². The van der Waals surface area contributed by atoms with E-state index in [1.54, 1.807) is 24.3 Å². The van der Waals surface area contributed by atoms with Gasteiger partial charge in [-0.2, -0.15) is 8.61 Å². The first-order chi connectivity index (χ1) is 17.2. The van der Waals surface area contributed by atoms with Crippen LogP contribution in [0.3, 0.4) is 0 Å². The Bertz CT molecular complexity index is 1240. The summed E-state index contributed by atoms with van der Waals surface area (Å²) in [6.45, 7) is 2.54. The van der Waals surface area contributed by atoms with Crippen LogP contribution in [-0.2, 0) is 29.6 Å². The van der Waals surface area contributed by atoms with Crippen LogP contribution < -0.4 is 5.32 Å². The summed E-state index contributed by atoms with van der Waals surface area (Å²) in [5.41, 5.74) is 0.568. The molecule has 2 aliphatic rings. The maximum Gasteiger partial charge on any atom is 0.243 e. The van der Waals surface area contributed by atoms with Crippen molar-refractivity contribution in [3.8, 4) is 0 Å². The minimum atomic E-state index is -4.09. The number of hydrogen-bond donors (Lipinski definition) is 1. The number of nitrogens with one attached hydrogen (secondary N) is 1. The molecular weight excluding hydrogens is 502 g/mol. The molecule has 1 amide bonds. The highest BCUT2D eigenvalue weighted by Crippen LogP contribution is 2.27. The monoisotopic (exact) mass is 535 g/mol. The molecule has 2 aromatic rings. The Kier molecular flexibility index (Phi) is 8.46. The summed E-state index contributed by atoms with van der Waals surface area (Å²) in [5, 5.41) is 2.72. The third-order valence-corrected chi connectivity index (χ3v) is 10.5. The third kappa shape index (κ3) is 6.15. The molecule has 11 heteroatoms. The van der Waals surface area contributed by atoms with Gasteiger partial charge in [0.05, 0.1) is 22.4 Å². The van der Waals surface area contributed by atoms with Gasteiger partial charge in [-0.15, -0.1) is 0 Å². The fourth-order valence-corrected chi connectivity index (χ4v) is 7.77. The predicted octanol–water partition coefficient (Wildman–Crippen LogP) is 3.06. The summed E-state index contributed by atoms with van der Waals surface area (Å²) in [6.07, 6.45) is 3.83. The standard InChI is InChI=1S/C25H33N3O6S2/c1-20-8-5-6-16-28(20)36(32,33)24-14-12-23(13-15-24)35(30,31)27(18-22-11-7-17-34-22)19-25(29)26-21-9-3-2-4-10-21/h2-4,9-10,12-15,20,22H,5-8,11,16-19H2,1H3,(H,26,29)/t20-,22-/m0/s1. The molecule has 9 nitrogen and oxygen atoms in total. The van der Waals surface area contributed by atoms with Gasteiger partial charge < -0.3 is 10.1 Å². The number of carbonyl (C=O) groups excluding carboxylic acids is 1. The lowest BCUT2D eigenvalue weighted by Crippen LogP contribution is -2.42. The molecule has 0 saturated carbocycles. The Hall–Kier alpha value is -2.31. The van der Waals surface area contributed by atoms with Crippen LogP contribution in [-0.4, -0.2) is 69.7 Å². The van der Waals surface area contributed by atoms with E-state index in [9.17, 15) is 21.6 Å². The number of benzene rings is 2. The number of nitrogens with zero attached hydrogens (tertiary/aromatic N) is 2. The van der Waals surface area contributed by atoms with E-state index in [2.05, 4.69) is 5.32 Å². The van der Waals surface area contributed by atoms with Gasteiger partial charge in [0.1, 0.15) is 0 Å². The van der Waals surface area contributed by atoms with Gasteiger partial charge in [-0.05, 0) is 69.0 Å². The van der Waals surface area contributed by atoms with Crippen molar-refractivity contribution < 1.29 is 26.4 Å². The van der Waals surface area contributed by atoms with Gasteiger partial charge in [0.2, 0.25) is 26.0 Å². The van der Waals surface area contributed by atoms with Gasteiger partial charge in [-0.1, -0.05) is 24.6 Å². The second-order valence-corrected chi connectivity index (χ2v) is 13.1. The second kappa shape index (κ2) is 11.4. The zero-order chi connectivity index (χ0) is 25.8. The minimum Gasteiger partial charge on any atom is -0.377 e. The van der Waals surface area contributed by atoms with E-state index in [1.807, 2.05) is 13.0 Å². The van der Waals surface area contributed by atoms with Crippen LogP contribution in [0.15, 0.2) is 64.4 Å². The molecule has 196 valence electrons. The average molecular weight is 536 g/mol. The van der Waals surface area contributed by atoms with Crippen molar-refractivity contribution in [2.75, 3.05) is 31.6 Å². The Labute approximate surface area is 213 Å². The number of anilines is 1. The van der Waals surface area contributed by atoms with Gasteiger partial charge in [0.15, 0.2) is 0 Å². The maximum absolute atomic E-state index is 13.6. The fraction of sp³-hybridized carbons (Fsp3) is 0.480. The van der Waals surface area contributed by atoms with Crippen molar-refractivity contribution in [2.24, 2.45) is 0 Å². The summed E-state index contributed by atoms with van der Waals surface area (Å²) in [5.74, 6) is -0.471. The van der Waals surface area contributed by atoms with Gasteiger partial charge in [-0.3, -0.25) is 4.79 Å². The first kappa shape index (κ1) is 26.7. The summed E-state index contributed by atoms with van der Waals surface area (Å²) in [4.78, 5) is 12.7. The van der Waals surface area contributed by atoms with E-state index in [1.165, 1.54) is 28.6 Å². The smallest absolute Gasteiger partial charge is 0.243 e. The number of hydrogen-bond acceptors (Lipinski definition) is 6. The molecule has 36 heavy (non-hydrogen) atoms. The van der Waals surface area contributed by atoms with Gasteiger partial charge in [0.25, 0.3) is 0 Å². The summed E-state index contributed by atoms with van der Waals surface area (Å²) < 4.78 is 61.6. The molecule has 2 fully saturated rings. The average Bonchev–Trinajstić information content (AvgIpc) is 3.38. The molecule has 2 atom stereocenters. The summed E-state index contributed by atoms with van der Waals surface area (Å²) in [6, 6.07) is 14.0. The molecule has 2 heterocycles. The predicted molar refractivity (Wildman–Crippen MR) is 136 cm³/mol. The van der Waals surface area contributed by atoms with E-state index < -0.39 is 26.0 Å². The topological polar surface area (TPSA) is 113 Å². The molecule has 0 radical (unpaired) electrons. The van der Waals surface area contributed by atoms with Gasteiger partial charge in [-0.25, -0.2) is 16.8 Å². The van der Waals surface area contributed by atoms with E-state index in [4.69, 9.17) is 4.74 Å². The lowest BCUT2D eigenvalue weighted by atomic mass is 10.1. The largest absolute Gasteiger partial charge is 0.377 e. The number of piperidine rings is 1. The number of ether oxygens (including phenoxy) is 1. The van der Waals surface area contributed by atoms with Crippen LogP contribution in [0.5, 0.6) is 0 Å². The number of para-hydroxylation sites is 1. The zero-order valence-corrected chi connectivity index (χ0v) is 22.0. The lowest BCUT2D eigenvalue weighted by molar-refractivity contribution is -0.116. The lowest BCUT2D eigenvalue weighted by Gasteiger charge is -2.32. The van der Waals surface area contributed by atoms with E-state index in [-0.39, 0.29) is 35.0 Å². The highest BCUT2D eigenvalue weighted by atomic mass is 32.2. The van der Waals surface area contributed by atoms with Crippen molar-refractivity contribution in [1.29, 1.82) is 0 Å². The van der Waals surface area contributed by atoms with Crippen molar-refractivity contribution in [3.63, 3.8) is 0 Å². The SMILES string of the molecule is C[C@H]1CCCCN1S(=O)(=O)c1ccc(S(=O)(=O)N(CC(=O)Nc2ccccc2)C[C@@H]2CCCO2)cc1. The highest BCUT2D eigenvalue weighted by molar-refractivity contribution is 7.89. The Morgan fingerprint density at radius 3 is 2.31 bits per heavy atom. The third-order valence-electron chi connectivity index (χ3n) is 6.62. The molecule has 2 saturated heterocycles. The Morgan fingerprint density at radius 2 is 1.67 bits per heavy atom. The molecule has 0 aliphatic carbocycles. The Balaban J connectivity index is 1.55. The van der Waals surface area contributed by atoms with Gasteiger partial charge in [0, 0.05) is 31.4 Å². The van der Waals surface area contributed by atoms with E-state index in [0.717, 1.165) is 30.0 Å². The molecule has 4 rings (SSSR count). The zero-order valence-electron chi connectivity index (χ0n) is 20.4. The second-order valence-electron chi connectivity index (χ2n) is 9.28. The molecule has 0 bridgehead atoms. The summed E-state index contributed by atoms with van der Waals surface area (Å²) in [7, 11) is -7.81. The quantitative estimate of drug-likeness (QED) is 0.528. The minimum absolute atomic E-state index is 0.0376. The normalized spacial score (nSPS) is 21.5. The Morgan fingerprint density at radius 1 is 0.972 bits per heavy atom. The first-order valence-electron chi connectivity index (χ1n) is 12.3. The van der Waals surface area contributed by atoms with Crippen molar-refractivity contribution in [3.05, 3.63) is 54.6 Å². The van der Waals surface area contributed by atoms with Crippen LogP contribution in [0.2, 0.25) is 0 Å². The molecule has 1 N–H and O–H groups in total. The van der Waals surface area contributed by atoms with Crippen molar-refractivity contribution >= 4 is 31.6 Å². The van der Waals surface area contributed by atoms with E-state index >= 15 is 0 Å². The molecule has 2 aliphatic heterocycles. The molecule has 0 spiro atoms. The van der Waals surface area contributed by atoms with Crippen LogP contribution in [0.4, 0.5) is 5.69 Å². The van der Waals surface area contributed by atoms with Crippen LogP contribution in [0, 0.1) is 0 Å². The fourth-order valence-electron chi connectivity index (χ4n) is 4.64. The highest BCUT2D eigenvalue weighted by Gasteiger charge is 2.33. The number of amides is 1. The van der Waals surface area contributed by atoms with Crippen molar-refractivity contribution in [2.45, 2.75) is 61.0 Å². The van der Waals surface area contributed by atoms with Crippen LogP contribution in [0.25, 0.3) is 0 Å². The molecule has 2 aromatic carbocycles. The molecular formula is C25H33N3O6S2. The van der Waals surface area contributed by atoms with Crippen LogP contribution in [0.1, 0.15) is 39.0 Å². The number of carbonyl (C=O) groups is 1. The number of rotatable bonds is 9. The van der Waals surface area contributed by atoms with Crippen molar-refractivity contribution in [1.82, 2.24) is 8.61 Å². The number of sulfonamides is 2. The first-order valence-corrected chi connectivity index (χ1v) is 15.1.